The third-order valence-corrected chi connectivity index (χ3v) is 3.39. The van der Waals surface area contributed by atoms with Crippen LogP contribution in [0.25, 0.3) is 0 Å². The second-order valence-corrected chi connectivity index (χ2v) is 5.39. The van der Waals surface area contributed by atoms with E-state index in [4.69, 9.17) is 0 Å². The number of guanidine groups is 1. The van der Waals surface area contributed by atoms with Crippen LogP contribution >= 0.6 is 0 Å². The minimum atomic E-state index is -0.0338. The van der Waals surface area contributed by atoms with E-state index in [1.165, 1.54) is 12.8 Å². The number of benzene rings is 1. The molecule has 0 radical (unpaired) electrons. The highest BCUT2D eigenvalue weighted by atomic mass is 16.1. The number of nitrogens with one attached hydrogen (secondary N) is 3. The number of carbonyl (C=O) groups is 1. The molecule has 1 aromatic carbocycles. The standard InChI is InChI=1S/C18H30N4O/c1-4-7-8-13-21-18(20-6-3)22-14-15-9-11-16(12-10-15)17(23)19-5-2/h9-12H,4-8,13-14H2,1-3H3,(H,19,23)(H2,20,21,22). The van der Waals surface area contributed by atoms with Crippen LogP contribution in [-0.2, 0) is 6.54 Å². The van der Waals surface area contributed by atoms with Gasteiger partial charge in [-0.15, -0.1) is 0 Å². The molecule has 0 fully saturated rings. The van der Waals surface area contributed by atoms with E-state index in [0.717, 1.165) is 31.0 Å². The lowest BCUT2D eigenvalue weighted by molar-refractivity contribution is 0.0956. The highest BCUT2D eigenvalue weighted by molar-refractivity contribution is 5.94. The van der Waals surface area contributed by atoms with E-state index in [2.05, 4.69) is 34.8 Å². The van der Waals surface area contributed by atoms with Crippen LogP contribution in [0.2, 0.25) is 0 Å². The van der Waals surface area contributed by atoms with Gasteiger partial charge in [-0.05, 0) is 38.0 Å². The predicted molar refractivity (Wildman–Crippen MR) is 96.8 cm³/mol. The first-order valence-electron chi connectivity index (χ1n) is 8.60. The average molecular weight is 318 g/mol. The monoisotopic (exact) mass is 318 g/mol. The molecule has 0 atom stereocenters. The lowest BCUT2D eigenvalue weighted by Gasteiger charge is -2.11. The van der Waals surface area contributed by atoms with Crippen molar-refractivity contribution >= 4 is 11.9 Å². The van der Waals surface area contributed by atoms with Crippen LogP contribution in [0, 0.1) is 0 Å². The molecule has 128 valence electrons. The van der Waals surface area contributed by atoms with Gasteiger partial charge in [-0.25, -0.2) is 4.99 Å². The molecule has 1 aromatic rings. The molecular weight excluding hydrogens is 288 g/mol. The summed E-state index contributed by atoms with van der Waals surface area (Å²) in [5, 5.41) is 9.39. The number of hydrogen-bond acceptors (Lipinski definition) is 2. The number of aliphatic imine (C=N–C) groups is 1. The van der Waals surface area contributed by atoms with Gasteiger partial charge in [-0.2, -0.15) is 0 Å². The second kappa shape index (κ2) is 11.5. The summed E-state index contributed by atoms with van der Waals surface area (Å²) in [5.41, 5.74) is 1.77. The van der Waals surface area contributed by atoms with Gasteiger partial charge in [0.1, 0.15) is 0 Å². The van der Waals surface area contributed by atoms with Crippen LogP contribution in [0.4, 0.5) is 0 Å². The Morgan fingerprint density at radius 2 is 1.65 bits per heavy atom. The van der Waals surface area contributed by atoms with Crippen molar-refractivity contribution in [2.24, 2.45) is 4.99 Å². The van der Waals surface area contributed by atoms with Gasteiger partial charge in [0, 0.05) is 25.2 Å². The highest BCUT2D eigenvalue weighted by Gasteiger charge is 2.03. The normalized spacial score (nSPS) is 11.2. The zero-order chi connectivity index (χ0) is 16.9. The van der Waals surface area contributed by atoms with Gasteiger partial charge in [0.2, 0.25) is 0 Å². The van der Waals surface area contributed by atoms with Gasteiger partial charge in [0.05, 0.1) is 6.54 Å². The Morgan fingerprint density at radius 1 is 0.957 bits per heavy atom. The van der Waals surface area contributed by atoms with Gasteiger partial charge in [0.25, 0.3) is 5.91 Å². The lowest BCUT2D eigenvalue weighted by Crippen LogP contribution is -2.37. The molecule has 0 aliphatic rings. The van der Waals surface area contributed by atoms with Crippen molar-refractivity contribution in [2.45, 2.75) is 46.6 Å². The molecule has 3 N–H and O–H groups in total. The van der Waals surface area contributed by atoms with E-state index in [-0.39, 0.29) is 5.91 Å². The zero-order valence-corrected chi connectivity index (χ0v) is 14.6. The first-order chi connectivity index (χ1) is 11.2. The summed E-state index contributed by atoms with van der Waals surface area (Å²) in [4.78, 5) is 16.3. The minimum Gasteiger partial charge on any atom is -0.357 e. The zero-order valence-electron chi connectivity index (χ0n) is 14.6. The van der Waals surface area contributed by atoms with Crippen LogP contribution in [-0.4, -0.2) is 31.5 Å². The first-order valence-corrected chi connectivity index (χ1v) is 8.60. The maximum Gasteiger partial charge on any atom is 0.251 e. The first kappa shape index (κ1) is 19.0. The second-order valence-electron chi connectivity index (χ2n) is 5.39. The molecule has 5 heteroatoms. The number of amides is 1. The molecule has 0 aromatic heterocycles. The molecule has 1 amide bonds. The van der Waals surface area contributed by atoms with Crippen molar-refractivity contribution in [3.8, 4) is 0 Å². The van der Waals surface area contributed by atoms with E-state index < -0.39 is 0 Å². The molecular formula is C18H30N4O. The number of carbonyl (C=O) groups excluding carboxylic acids is 1. The van der Waals surface area contributed by atoms with Crippen LogP contribution in [0.3, 0.4) is 0 Å². The van der Waals surface area contributed by atoms with Gasteiger partial charge in [-0.3, -0.25) is 4.79 Å². The molecule has 0 spiro atoms. The van der Waals surface area contributed by atoms with E-state index in [0.29, 0.717) is 18.7 Å². The Kier molecular flexibility index (Phi) is 9.52. The van der Waals surface area contributed by atoms with Crippen LogP contribution in [0.5, 0.6) is 0 Å². The van der Waals surface area contributed by atoms with Crippen molar-refractivity contribution < 1.29 is 4.79 Å². The molecule has 5 nitrogen and oxygen atoms in total. The molecule has 0 aliphatic carbocycles. The number of rotatable bonds is 9. The molecule has 0 aliphatic heterocycles. The van der Waals surface area contributed by atoms with Gasteiger partial charge < -0.3 is 16.0 Å². The van der Waals surface area contributed by atoms with Crippen LogP contribution in [0.15, 0.2) is 29.3 Å². The third kappa shape index (κ3) is 7.68. The van der Waals surface area contributed by atoms with Gasteiger partial charge in [0.15, 0.2) is 5.96 Å². The van der Waals surface area contributed by atoms with Crippen molar-refractivity contribution in [1.29, 1.82) is 0 Å². The van der Waals surface area contributed by atoms with Crippen LogP contribution < -0.4 is 16.0 Å². The van der Waals surface area contributed by atoms with E-state index in [1.54, 1.807) is 0 Å². The average Bonchev–Trinajstić information content (AvgIpc) is 2.57. The number of hydrogen-bond donors (Lipinski definition) is 3. The summed E-state index contributed by atoms with van der Waals surface area (Å²) < 4.78 is 0. The summed E-state index contributed by atoms with van der Waals surface area (Å²) in [6.45, 7) is 9.19. The van der Waals surface area contributed by atoms with E-state index >= 15 is 0 Å². The van der Waals surface area contributed by atoms with Crippen molar-refractivity contribution in [1.82, 2.24) is 16.0 Å². The summed E-state index contributed by atoms with van der Waals surface area (Å²) in [5.74, 6) is 0.810. The molecule has 0 unspecified atom stereocenters. The van der Waals surface area contributed by atoms with E-state index in [9.17, 15) is 4.79 Å². The Labute approximate surface area is 140 Å². The predicted octanol–water partition coefficient (Wildman–Crippen LogP) is 2.68. The quantitative estimate of drug-likeness (QED) is 0.372. The molecule has 23 heavy (non-hydrogen) atoms. The Morgan fingerprint density at radius 3 is 2.26 bits per heavy atom. The Bertz CT molecular complexity index is 482. The summed E-state index contributed by atoms with van der Waals surface area (Å²) >= 11 is 0. The number of nitrogens with zero attached hydrogens (tertiary/aromatic N) is 1. The Hall–Kier alpha value is -2.04. The third-order valence-electron chi connectivity index (χ3n) is 3.39. The summed E-state index contributed by atoms with van der Waals surface area (Å²) in [6.07, 6.45) is 3.60. The smallest absolute Gasteiger partial charge is 0.251 e. The largest absolute Gasteiger partial charge is 0.357 e. The van der Waals surface area contributed by atoms with Crippen LogP contribution in [0.1, 0.15) is 56.0 Å². The van der Waals surface area contributed by atoms with Crippen molar-refractivity contribution in [3.63, 3.8) is 0 Å². The highest BCUT2D eigenvalue weighted by Crippen LogP contribution is 2.06. The fourth-order valence-electron chi connectivity index (χ4n) is 2.12. The maximum atomic E-state index is 11.7. The fourth-order valence-corrected chi connectivity index (χ4v) is 2.12. The van der Waals surface area contributed by atoms with Crippen molar-refractivity contribution in [2.75, 3.05) is 19.6 Å². The van der Waals surface area contributed by atoms with Crippen molar-refractivity contribution in [3.05, 3.63) is 35.4 Å². The van der Waals surface area contributed by atoms with Gasteiger partial charge in [-0.1, -0.05) is 31.9 Å². The molecule has 0 saturated carbocycles. The van der Waals surface area contributed by atoms with Gasteiger partial charge >= 0.3 is 0 Å². The maximum absolute atomic E-state index is 11.7. The number of unbranched alkanes of at least 4 members (excludes halogenated alkanes) is 2. The summed E-state index contributed by atoms with van der Waals surface area (Å²) in [7, 11) is 0. The molecule has 1 rings (SSSR count). The molecule has 0 heterocycles. The topological polar surface area (TPSA) is 65.5 Å². The van der Waals surface area contributed by atoms with E-state index in [1.807, 2.05) is 31.2 Å². The Balaban J connectivity index is 2.55. The molecule has 0 bridgehead atoms. The fraction of sp³-hybridized carbons (Fsp3) is 0.556. The summed E-state index contributed by atoms with van der Waals surface area (Å²) in [6, 6.07) is 7.60. The molecule has 0 saturated heterocycles. The minimum absolute atomic E-state index is 0.0338. The SMILES string of the molecule is CCCCCNC(=NCc1ccc(C(=O)NCC)cc1)NCC. The lowest BCUT2D eigenvalue weighted by atomic mass is 10.1.